The number of nitrogens with zero attached hydrogens (tertiary/aromatic N) is 1. The topological polar surface area (TPSA) is 82.3 Å². The minimum atomic E-state index is -0.536. The third kappa shape index (κ3) is 5.47. The van der Waals surface area contributed by atoms with Gasteiger partial charge in [0.2, 0.25) is 0 Å². The van der Waals surface area contributed by atoms with E-state index in [0.717, 1.165) is 5.56 Å². The maximum atomic E-state index is 12.5. The molecule has 0 unspecified atom stereocenters. The lowest BCUT2D eigenvalue weighted by atomic mass is 10.1. The van der Waals surface area contributed by atoms with Crippen molar-refractivity contribution < 1.29 is 14.6 Å². The molecule has 0 spiro atoms. The highest BCUT2D eigenvalue weighted by molar-refractivity contribution is 6.09. The predicted octanol–water partition coefficient (Wildman–Crippen LogP) is 4.83. The van der Waals surface area contributed by atoms with E-state index < -0.39 is 5.91 Å². The molecule has 2 N–H and O–H groups in total. The highest BCUT2D eigenvalue weighted by atomic mass is 16.5. The molecule has 0 heterocycles. The first-order valence-electron chi connectivity index (χ1n) is 9.05. The molecule has 1 amide bonds. The maximum Gasteiger partial charge on any atom is 0.266 e. The minimum Gasteiger partial charge on any atom is -0.508 e. The van der Waals surface area contributed by atoms with Gasteiger partial charge < -0.3 is 15.2 Å². The summed E-state index contributed by atoms with van der Waals surface area (Å²) in [6.07, 6.45) is 1.50. The summed E-state index contributed by atoms with van der Waals surface area (Å²) in [5.41, 5.74) is 3.27. The fraction of sp³-hybridized carbons (Fsp3) is 0.0833. The third-order valence-electron chi connectivity index (χ3n) is 4.22. The number of benzene rings is 3. The standard InChI is InChI=1S/C24H20N2O3/c1-17-6-8-18(9-7-17)16-29-23-5-3-2-4-19(23)14-20(15-25)24(28)26-21-10-12-22(27)13-11-21/h2-14,27H,16H2,1H3,(H,26,28). The third-order valence-corrected chi connectivity index (χ3v) is 4.22. The predicted molar refractivity (Wildman–Crippen MR) is 112 cm³/mol. The molecule has 5 heteroatoms. The summed E-state index contributed by atoms with van der Waals surface area (Å²) < 4.78 is 5.91. The van der Waals surface area contributed by atoms with Gasteiger partial charge in [-0.15, -0.1) is 0 Å². The molecule has 0 atom stereocenters. The van der Waals surface area contributed by atoms with E-state index in [9.17, 15) is 15.2 Å². The van der Waals surface area contributed by atoms with Crippen LogP contribution in [-0.2, 0) is 11.4 Å². The monoisotopic (exact) mass is 384 g/mol. The van der Waals surface area contributed by atoms with Gasteiger partial charge in [0.15, 0.2) is 0 Å². The Morgan fingerprint density at radius 1 is 1.07 bits per heavy atom. The van der Waals surface area contributed by atoms with Crippen molar-refractivity contribution in [2.75, 3.05) is 5.32 Å². The lowest BCUT2D eigenvalue weighted by Crippen LogP contribution is -2.13. The SMILES string of the molecule is Cc1ccc(COc2ccccc2C=C(C#N)C(=O)Nc2ccc(O)cc2)cc1. The van der Waals surface area contributed by atoms with Crippen LogP contribution in [0.4, 0.5) is 5.69 Å². The molecule has 0 aliphatic rings. The van der Waals surface area contributed by atoms with Gasteiger partial charge in [0.05, 0.1) is 0 Å². The minimum absolute atomic E-state index is 0.0514. The number of aromatic hydroxyl groups is 1. The number of para-hydroxylation sites is 1. The summed E-state index contributed by atoms with van der Waals surface area (Å²) in [6, 6.07) is 23.2. The van der Waals surface area contributed by atoms with Gasteiger partial charge in [-0.1, -0.05) is 48.0 Å². The summed E-state index contributed by atoms with van der Waals surface area (Å²) in [6.45, 7) is 2.41. The fourth-order valence-corrected chi connectivity index (χ4v) is 2.62. The van der Waals surface area contributed by atoms with Crippen molar-refractivity contribution in [2.45, 2.75) is 13.5 Å². The van der Waals surface area contributed by atoms with Crippen LogP contribution in [0.2, 0.25) is 0 Å². The molecular formula is C24H20N2O3. The number of nitriles is 1. The van der Waals surface area contributed by atoms with Crippen molar-refractivity contribution in [2.24, 2.45) is 0 Å². The number of carbonyl (C=O) groups is 1. The number of phenolic OH excluding ortho intramolecular Hbond substituents is 1. The molecule has 0 aliphatic heterocycles. The Hall–Kier alpha value is -4.04. The van der Waals surface area contributed by atoms with Gasteiger partial charge in [0, 0.05) is 11.3 Å². The molecular weight excluding hydrogens is 364 g/mol. The Morgan fingerprint density at radius 2 is 1.76 bits per heavy atom. The number of hydrogen-bond acceptors (Lipinski definition) is 4. The first kappa shape index (κ1) is 19.7. The zero-order valence-corrected chi connectivity index (χ0v) is 15.9. The Bertz CT molecular complexity index is 1060. The van der Waals surface area contributed by atoms with Gasteiger partial charge in [-0.2, -0.15) is 5.26 Å². The number of anilines is 1. The van der Waals surface area contributed by atoms with Crippen molar-refractivity contribution >= 4 is 17.7 Å². The molecule has 0 bridgehead atoms. The Morgan fingerprint density at radius 3 is 2.45 bits per heavy atom. The van der Waals surface area contributed by atoms with Gasteiger partial charge in [-0.25, -0.2) is 0 Å². The summed E-state index contributed by atoms with van der Waals surface area (Å²) in [7, 11) is 0. The van der Waals surface area contributed by atoms with Crippen LogP contribution in [0.3, 0.4) is 0 Å². The Labute approximate surface area is 169 Å². The van der Waals surface area contributed by atoms with Crippen molar-refractivity contribution in [3.8, 4) is 17.6 Å². The van der Waals surface area contributed by atoms with Crippen LogP contribution in [0.15, 0.2) is 78.4 Å². The number of phenols is 1. The molecule has 0 aromatic heterocycles. The van der Waals surface area contributed by atoms with Crippen LogP contribution in [0.5, 0.6) is 11.5 Å². The van der Waals surface area contributed by atoms with Gasteiger partial charge in [-0.05, 0) is 48.9 Å². The molecule has 144 valence electrons. The van der Waals surface area contributed by atoms with E-state index in [1.807, 2.05) is 49.4 Å². The van der Waals surface area contributed by atoms with Crippen molar-refractivity contribution in [1.29, 1.82) is 5.26 Å². The first-order valence-corrected chi connectivity index (χ1v) is 9.05. The van der Waals surface area contributed by atoms with E-state index in [2.05, 4.69) is 5.32 Å². The van der Waals surface area contributed by atoms with E-state index in [1.165, 1.54) is 23.8 Å². The number of aryl methyl sites for hydroxylation is 1. The second kappa shape index (κ2) is 9.25. The van der Waals surface area contributed by atoms with Gasteiger partial charge in [0.1, 0.15) is 29.7 Å². The molecule has 0 saturated heterocycles. The molecule has 3 rings (SSSR count). The largest absolute Gasteiger partial charge is 0.508 e. The number of carbonyl (C=O) groups excluding carboxylic acids is 1. The molecule has 0 aliphatic carbocycles. The van der Waals surface area contributed by atoms with E-state index in [1.54, 1.807) is 24.3 Å². The molecule has 0 saturated carbocycles. The van der Waals surface area contributed by atoms with Crippen LogP contribution < -0.4 is 10.1 Å². The average molecular weight is 384 g/mol. The van der Waals surface area contributed by atoms with Gasteiger partial charge in [0.25, 0.3) is 5.91 Å². The van der Waals surface area contributed by atoms with E-state index in [0.29, 0.717) is 23.6 Å². The number of hydrogen-bond donors (Lipinski definition) is 2. The smallest absolute Gasteiger partial charge is 0.266 e. The van der Waals surface area contributed by atoms with Gasteiger partial charge >= 0.3 is 0 Å². The Balaban J connectivity index is 1.76. The molecule has 3 aromatic carbocycles. The highest BCUT2D eigenvalue weighted by Gasteiger charge is 2.11. The Kier molecular flexibility index (Phi) is 6.29. The number of nitrogens with one attached hydrogen (secondary N) is 1. The quantitative estimate of drug-likeness (QED) is 0.362. The van der Waals surface area contributed by atoms with Crippen LogP contribution in [-0.4, -0.2) is 11.0 Å². The fourth-order valence-electron chi connectivity index (χ4n) is 2.62. The van der Waals surface area contributed by atoms with Crippen LogP contribution >= 0.6 is 0 Å². The number of rotatable bonds is 6. The molecule has 5 nitrogen and oxygen atoms in total. The lowest BCUT2D eigenvalue weighted by molar-refractivity contribution is -0.112. The molecule has 0 fully saturated rings. The molecule has 0 radical (unpaired) electrons. The first-order chi connectivity index (χ1) is 14.0. The summed E-state index contributed by atoms with van der Waals surface area (Å²) in [4.78, 5) is 12.5. The number of ether oxygens (including phenoxy) is 1. The summed E-state index contributed by atoms with van der Waals surface area (Å²) in [5, 5.41) is 21.4. The van der Waals surface area contributed by atoms with Gasteiger partial charge in [-0.3, -0.25) is 4.79 Å². The highest BCUT2D eigenvalue weighted by Crippen LogP contribution is 2.23. The average Bonchev–Trinajstić information content (AvgIpc) is 2.74. The van der Waals surface area contributed by atoms with E-state index in [4.69, 9.17) is 4.74 Å². The zero-order valence-electron chi connectivity index (χ0n) is 15.9. The van der Waals surface area contributed by atoms with Crippen LogP contribution in [0, 0.1) is 18.3 Å². The van der Waals surface area contributed by atoms with Crippen LogP contribution in [0.1, 0.15) is 16.7 Å². The van der Waals surface area contributed by atoms with E-state index in [-0.39, 0.29) is 11.3 Å². The van der Waals surface area contributed by atoms with Crippen molar-refractivity contribution in [3.63, 3.8) is 0 Å². The lowest BCUT2D eigenvalue weighted by Gasteiger charge is -2.10. The second-order valence-electron chi connectivity index (χ2n) is 6.48. The normalized spacial score (nSPS) is 10.8. The van der Waals surface area contributed by atoms with Crippen molar-refractivity contribution in [1.82, 2.24) is 0 Å². The van der Waals surface area contributed by atoms with E-state index >= 15 is 0 Å². The molecule has 3 aromatic rings. The van der Waals surface area contributed by atoms with Crippen LogP contribution in [0.25, 0.3) is 6.08 Å². The van der Waals surface area contributed by atoms with Crippen molar-refractivity contribution in [3.05, 3.63) is 95.1 Å². The maximum absolute atomic E-state index is 12.5. The second-order valence-corrected chi connectivity index (χ2v) is 6.48. The summed E-state index contributed by atoms with van der Waals surface area (Å²) in [5.74, 6) is 0.142. The summed E-state index contributed by atoms with van der Waals surface area (Å²) >= 11 is 0. The zero-order chi connectivity index (χ0) is 20.6. The number of amides is 1. The molecule has 29 heavy (non-hydrogen) atoms.